The molecule has 2 heterocycles. The predicted octanol–water partition coefficient (Wildman–Crippen LogP) is 3.35. The molecule has 1 fully saturated rings. The number of hydrogen-bond acceptors (Lipinski definition) is 4. The molecule has 1 amide bonds. The molecule has 1 aliphatic rings. The third kappa shape index (κ3) is 4.05. The Hall–Kier alpha value is -2.40. The highest BCUT2D eigenvalue weighted by Crippen LogP contribution is 2.22. The number of benzene rings is 1. The van der Waals surface area contributed by atoms with Gasteiger partial charge in [0.05, 0.1) is 11.9 Å². The lowest BCUT2D eigenvalue weighted by Gasteiger charge is -2.35. The second-order valence-corrected chi connectivity index (χ2v) is 6.74. The van der Waals surface area contributed by atoms with Gasteiger partial charge < -0.3 is 15.1 Å². The number of carbonyl (C=O) groups excluding carboxylic acids is 1. The van der Waals surface area contributed by atoms with Crippen LogP contribution in [0.15, 0.2) is 36.5 Å². The molecule has 1 aliphatic heterocycles. The van der Waals surface area contributed by atoms with Gasteiger partial charge >= 0.3 is 0 Å². The maximum absolute atomic E-state index is 12.6. The van der Waals surface area contributed by atoms with Gasteiger partial charge in [-0.25, -0.2) is 4.98 Å². The molecule has 5 nitrogen and oxygen atoms in total. The number of nitrogens with zero attached hydrogens (tertiary/aromatic N) is 3. The first-order valence-corrected chi connectivity index (χ1v) is 9.45. The Morgan fingerprint density at radius 1 is 1.12 bits per heavy atom. The van der Waals surface area contributed by atoms with Gasteiger partial charge in [0.2, 0.25) is 0 Å². The number of amides is 1. The van der Waals surface area contributed by atoms with Crippen molar-refractivity contribution >= 4 is 17.3 Å². The summed E-state index contributed by atoms with van der Waals surface area (Å²) >= 11 is 0. The number of aryl methyl sites for hydroxylation is 2. The van der Waals surface area contributed by atoms with Crippen molar-refractivity contribution in [3.8, 4) is 0 Å². The normalized spacial score (nSPS) is 15.1. The molecule has 1 N–H and O–H groups in total. The molecule has 1 aromatic heterocycles. The lowest BCUT2D eigenvalue weighted by molar-refractivity contribution is 0.102. The maximum atomic E-state index is 12.6. The van der Waals surface area contributed by atoms with E-state index in [1.807, 2.05) is 37.4 Å². The molecule has 26 heavy (non-hydrogen) atoms. The summed E-state index contributed by atoms with van der Waals surface area (Å²) in [4.78, 5) is 21.8. The van der Waals surface area contributed by atoms with Crippen molar-refractivity contribution in [2.75, 3.05) is 42.9 Å². The van der Waals surface area contributed by atoms with E-state index in [9.17, 15) is 4.79 Å². The van der Waals surface area contributed by atoms with Crippen LogP contribution in [0.3, 0.4) is 0 Å². The van der Waals surface area contributed by atoms with Crippen LogP contribution in [0.25, 0.3) is 0 Å². The van der Waals surface area contributed by atoms with E-state index in [0.717, 1.165) is 61.6 Å². The molecule has 0 radical (unpaired) electrons. The summed E-state index contributed by atoms with van der Waals surface area (Å²) in [6, 6.07) is 9.91. The molecular weight excluding hydrogens is 324 g/mol. The standard InChI is InChI=1S/C21H28N4O/c1-4-17-8-6-7-16(3)20(17)23-21(26)19-10-9-18(15-22-19)25-13-11-24(5-2)12-14-25/h6-10,15H,4-5,11-14H2,1-3H3,(H,23,26). The number of aromatic nitrogens is 1. The summed E-state index contributed by atoms with van der Waals surface area (Å²) in [7, 11) is 0. The van der Waals surface area contributed by atoms with E-state index in [1.54, 1.807) is 0 Å². The Morgan fingerprint density at radius 2 is 1.88 bits per heavy atom. The first-order valence-electron chi connectivity index (χ1n) is 9.45. The number of anilines is 2. The van der Waals surface area contributed by atoms with Crippen LogP contribution in [0, 0.1) is 6.92 Å². The van der Waals surface area contributed by atoms with Crippen molar-refractivity contribution in [2.24, 2.45) is 0 Å². The fourth-order valence-corrected chi connectivity index (χ4v) is 3.41. The number of pyridine rings is 1. The average molecular weight is 352 g/mol. The maximum Gasteiger partial charge on any atom is 0.274 e. The molecule has 2 aromatic rings. The minimum atomic E-state index is -0.156. The van der Waals surface area contributed by atoms with E-state index in [1.165, 1.54) is 0 Å². The SMILES string of the molecule is CCc1cccc(C)c1NC(=O)c1ccc(N2CCN(CC)CC2)cn1. The van der Waals surface area contributed by atoms with Gasteiger partial charge in [-0.3, -0.25) is 4.79 Å². The number of likely N-dealkylation sites (N-methyl/N-ethyl adjacent to an activating group) is 1. The Morgan fingerprint density at radius 3 is 2.50 bits per heavy atom. The van der Waals surface area contributed by atoms with Crippen molar-refractivity contribution in [3.05, 3.63) is 53.3 Å². The summed E-state index contributed by atoms with van der Waals surface area (Å²) in [5.74, 6) is -0.156. The zero-order valence-corrected chi connectivity index (χ0v) is 16.0. The molecule has 0 aliphatic carbocycles. The van der Waals surface area contributed by atoms with Crippen LogP contribution >= 0.6 is 0 Å². The second kappa shape index (κ2) is 8.32. The number of hydrogen-bond donors (Lipinski definition) is 1. The van der Waals surface area contributed by atoms with Crippen molar-refractivity contribution in [2.45, 2.75) is 27.2 Å². The van der Waals surface area contributed by atoms with E-state index in [-0.39, 0.29) is 5.91 Å². The second-order valence-electron chi connectivity index (χ2n) is 6.74. The van der Waals surface area contributed by atoms with Crippen LogP contribution in [0.2, 0.25) is 0 Å². The third-order valence-electron chi connectivity index (χ3n) is 5.14. The lowest BCUT2D eigenvalue weighted by Crippen LogP contribution is -2.46. The van der Waals surface area contributed by atoms with Gasteiger partial charge in [0.25, 0.3) is 5.91 Å². The number of nitrogens with one attached hydrogen (secondary N) is 1. The highest BCUT2D eigenvalue weighted by molar-refractivity contribution is 6.03. The smallest absolute Gasteiger partial charge is 0.274 e. The average Bonchev–Trinajstić information content (AvgIpc) is 2.69. The molecule has 5 heteroatoms. The summed E-state index contributed by atoms with van der Waals surface area (Å²) in [5, 5.41) is 3.04. The molecule has 0 atom stereocenters. The van der Waals surface area contributed by atoms with Crippen molar-refractivity contribution < 1.29 is 4.79 Å². The Balaban J connectivity index is 1.68. The van der Waals surface area contributed by atoms with Gasteiger partial charge in [0, 0.05) is 31.9 Å². The summed E-state index contributed by atoms with van der Waals surface area (Å²) in [6.07, 6.45) is 2.70. The van der Waals surface area contributed by atoms with Crippen LogP contribution in [-0.4, -0.2) is 48.5 Å². The monoisotopic (exact) mass is 352 g/mol. The quantitative estimate of drug-likeness (QED) is 0.896. The van der Waals surface area contributed by atoms with Crippen LogP contribution in [-0.2, 0) is 6.42 Å². The highest BCUT2D eigenvalue weighted by Gasteiger charge is 2.17. The Kier molecular flexibility index (Phi) is 5.89. The molecule has 0 bridgehead atoms. The number of para-hydroxylation sites is 1. The van der Waals surface area contributed by atoms with Crippen molar-refractivity contribution in [1.82, 2.24) is 9.88 Å². The van der Waals surface area contributed by atoms with E-state index < -0.39 is 0 Å². The zero-order valence-electron chi connectivity index (χ0n) is 16.0. The van der Waals surface area contributed by atoms with Gasteiger partial charge in [-0.2, -0.15) is 0 Å². The zero-order chi connectivity index (χ0) is 18.5. The van der Waals surface area contributed by atoms with Gasteiger partial charge in [0.1, 0.15) is 5.69 Å². The number of piperazine rings is 1. The topological polar surface area (TPSA) is 48.5 Å². The Bertz CT molecular complexity index is 749. The number of carbonyl (C=O) groups is 1. The van der Waals surface area contributed by atoms with Gasteiger partial charge in [-0.15, -0.1) is 0 Å². The summed E-state index contributed by atoms with van der Waals surface area (Å²) in [6.45, 7) is 11.6. The lowest BCUT2D eigenvalue weighted by atomic mass is 10.1. The fourth-order valence-electron chi connectivity index (χ4n) is 3.41. The van der Waals surface area contributed by atoms with Crippen LogP contribution in [0.1, 0.15) is 35.5 Å². The van der Waals surface area contributed by atoms with Crippen LogP contribution in [0.5, 0.6) is 0 Å². The van der Waals surface area contributed by atoms with Crippen molar-refractivity contribution in [1.29, 1.82) is 0 Å². The summed E-state index contributed by atoms with van der Waals surface area (Å²) < 4.78 is 0. The minimum Gasteiger partial charge on any atom is -0.368 e. The summed E-state index contributed by atoms with van der Waals surface area (Å²) in [5.41, 5.74) is 4.65. The largest absolute Gasteiger partial charge is 0.368 e. The van der Waals surface area contributed by atoms with Gasteiger partial charge in [-0.05, 0) is 43.1 Å². The minimum absolute atomic E-state index is 0.156. The first-order chi connectivity index (χ1) is 12.6. The molecule has 1 saturated heterocycles. The highest BCUT2D eigenvalue weighted by atomic mass is 16.1. The first kappa shape index (κ1) is 18.4. The van der Waals surface area contributed by atoms with Gasteiger partial charge in [0.15, 0.2) is 0 Å². The van der Waals surface area contributed by atoms with E-state index in [4.69, 9.17) is 0 Å². The molecule has 138 valence electrons. The van der Waals surface area contributed by atoms with Gasteiger partial charge in [-0.1, -0.05) is 32.0 Å². The van der Waals surface area contributed by atoms with E-state index in [0.29, 0.717) is 5.69 Å². The Labute approximate surface area is 156 Å². The molecule has 0 spiro atoms. The van der Waals surface area contributed by atoms with E-state index >= 15 is 0 Å². The van der Waals surface area contributed by atoms with E-state index in [2.05, 4.69) is 40.0 Å². The fraction of sp³-hybridized carbons (Fsp3) is 0.429. The third-order valence-corrected chi connectivity index (χ3v) is 5.14. The van der Waals surface area contributed by atoms with Crippen molar-refractivity contribution in [3.63, 3.8) is 0 Å². The molecule has 0 unspecified atom stereocenters. The molecule has 0 saturated carbocycles. The predicted molar refractivity (Wildman–Crippen MR) is 107 cm³/mol. The molecule has 1 aromatic carbocycles. The molecule has 3 rings (SSSR count). The van der Waals surface area contributed by atoms with Crippen LogP contribution in [0.4, 0.5) is 11.4 Å². The molecular formula is C21H28N4O. The number of rotatable bonds is 5. The van der Waals surface area contributed by atoms with Crippen LogP contribution < -0.4 is 10.2 Å².